The average Bonchev–Trinajstić information content (AvgIpc) is 2.93. The summed E-state index contributed by atoms with van der Waals surface area (Å²) in [6.45, 7) is 5.30. The molecule has 0 saturated heterocycles. The number of ether oxygens (including phenoxy) is 1. The fourth-order valence-electron chi connectivity index (χ4n) is 2.34. The zero-order valence-electron chi connectivity index (χ0n) is 14.8. The number of esters is 1. The van der Waals surface area contributed by atoms with E-state index >= 15 is 0 Å². The smallest absolute Gasteiger partial charge is 0.307 e. The third-order valence-corrected chi connectivity index (χ3v) is 4.90. The van der Waals surface area contributed by atoms with Gasteiger partial charge in [0.1, 0.15) is 0 Å². The van der Waals surface area contributed by atoms with Gasteiger partial charge in [-0.1, -0.05) is 11.6 Å². The van der Waals surface area contributed by atoms with E-state index in [1.54, 1.807) is 35.6 Å². The van der Waals surface area contributed by atoms with E-state index in [0.717, 1.165) is 9.75 Å². The summed E-state index contributed by atoms with van der Waals surface area (Å²) < 4.78 is 5.10. The molecule has 26 heavy (non-hydrogen) atoms. The SMILES string of the molecule is Cc1cc(C(=O)CCC(=O)O[C@@H](C)C(=O)Nc2ccc(Cl)cc2)c(C)s1. The van der Waals surface area contributed by atoms with Gasteiger partial charge in [0.15, 0.2) is 11.9 Å². The van der Waals surface area contributed by atoms with E-state index < -0.39 is 18.0 Å². The molecule has 0 bridgehead atoms. The van der Waals surface area contributed by atoms with E-state index in [1.165, 1.54) is 6.92 Å². The fourth-order valence-corrected chi connectivity index (χ4v) is 3.41. The van der Waals surface area contributed by atoms with Gasteiger partial charge in [0, 0.05) is 32.4 Å². The van der Waals surface area contributed by atoms with Crippen LogP contribution in [0.2, 0.25) is 5.02 Å². The standard InChI is InChI=1S/C19H20ClNO4S/c1-11-10-16(13(3)26-11)17(22)8-9-18(23)25-12(2)19(24)21-15-6-4-14(20)5-7-15/h4-7,10,12H,8-9H2,1-3H3,(H,21,24)/t12-/m0/s1. The van der Waals surface area contributed by atoms with Crippen molar-refractivity contribution in [1.82, 2.24) is 0 Å². The van der Waals surface area contributed by atoms with Crippen molar-refractivity contribution >= 4 is 46.3 Å². The Bertz CT molecular complexity index is 813. The number of carbonyl (C=O) groups is 3. The Morgan fingerprint density at radius 1 is 1.15 bits per heavy atom. The van der Waals surface area contributed by atoms with Gasteiger partial charge in [-0.2, -0.15) is 0 Å². The Balaban J connectivity index is 1.81. The van der Waals surface area contributed by atoms with Crippen LogP contribution in [0.1, 0.15) is 39.9 Å². The van der Waals surface area contributed by atoms with Crippen LogP contribution in [0.25, 0.3) is 0 Å². The van der Waals surface area contributed by atoms with Crippen LogP contribution in [0, 0.1) is 13.8 Å². The predicted octanol–water partition coefficient (Wildman–Crippen LogP) is 4.55. The zero-order chi connectivity index (χ0) is 19.3. The molecular weight excluding hydrogens is 374 g/mol. The van der Waals surface area contributed by atoms with Gasteiger partial charge < -0.3 is 10.1 Å². The van der Waals surface area contributed by atoms with Crippen molar-refractivity contribution in [3.8, 4) is 0 Å². The maximum absolute atomic E-state index is 12.2. The number of carbonyl (C=O) groups excluding carboxylic acids is 3. The van der Waals surface area contributed by atoms with Gasteiger partial charge >= 0.3 is 5.97 Å². The lowest BCUT2D eigenvalue weighted by molar-refractivity contribution is -0.153. The van der Waals surface area contributed by atoms with Gasteiger partial charge in [0.2, 0.25) is 0 Å². The topological polar surface area (TPSA) is 72.5 Å². The van der Waals surface area contributed by atoms with E-state index in [4.69, 9.17) is 16.3 Å². The first-order chi connectivity index (χ1) is 12.3. The Labute approximate surface area is 161 Å². The average molecular weight is 394 g/mol. The number of halogens is 1. The van der Waals surface area contributed by atoms with E-state index in [1.807, 2.05) is 19.9 Å². The molecule has 5 nitrogen and oxygen atoms in total. The molecule has 0 aliphatic carbocycles. The summed E-state index contributed by atoms with van der Waals surface area (Å²) in [7, 11) is 0. The van der Waals surface area contributed by atoms with Crippen LogP contribution < -0.4 is 5.32 Å². The summed E-state index contributed by atoms with van der Waals surface area (Å²) >= 11 is 7.34. The van der Waals surface area contributed by atoms with E-state index in [2.05, 4.69) is 5.32 Å². The largest absolute Gasteiger partial charge is 0.453 e. The molecule has 0 radical (unpaired) electrons. The molecule has 1 atom stereocenters. The van der Waals surface area contributed by atoms with Crippen molar-refractivity contribution < 1.29 is 19.1 Å². The number of hydrogen-bond donors (Lipinski definition) is 1. The van der Waals surface area contributed by atoms with Gasteiger partial charge in [0.25, 0.3) is 5.91 Å². The zero-order valence-corrected chi connectivity index (χ0v) is 16.4. The molecule has 7 heteroatoms. The minimum atomic E-state index is -0.960. The molecule has 0 unspecified atom stereocenters. The monoisotopic (exact) mass is 393 g/mol. The lowest BCUT2D eigenvalue weighted by Gasteiger charge is -2.13. The molecule has 2 aromatic rings. The summed E-state index contributed by atoms with van der Waals surface area (Å²) in [6, 6.07) is 8.42. The van der Waals surface area contributed by atoms with Crippen LogP contribution in [0.4, 0.5) is 5.69 Å². The molecule has 0 fully saturated rings. The molecule has 2 rings (SSSR count). The van der Waals surface area contributed by atoms with E-state index in [-0.39, 0.29) is 18.6 Å². The van der Waals surface area contributed by atoms with E-state index in [0.29, 0.717) is 16.3 Å². The maximum Gasteiger partial charge on any atom is 0.307 e. The summed E-state index contributed by atoms with van der Waals surface area (Å²) in [4.78, 5) is 38.1. The van der Waals surface area contributed by atoms with Crippen molar-refractivity contribution in [3.05, 3.63) is 50.7 Å². The lowest BCUT2D eigenvalue weighted by Crippen LogP contribution is -2.30. The third kappa shape index (κ3) is 5.68. The second-order valence-corrected chi connectivity index (χ2v) is 7.78. The van der Waals surface area contributed by atoms with Crippen molar-refractivity contribution in [2.75, 3.05) is 5.32 Å². The first-order valence-electron chi connectivity index (χ1n) is 8.12. The first-order valence-corrected chi connectivity index (χ1v) is 9.32. The number of thiophene rings is 1. The second-order valence-electron chi connectivity index (χ2n) is 5.88. The number of benzene rings is 1. The Morgan fingerprint density at radius 2 is 1.81 bits per heavy atom. The second kappa shape index (κ2) is 8.96. The predicted molar refractivity (Wildman–Crippen MR) is 103 cm³/mol. The highest BCUT2D eigenvalue weighted by molar-refractivity contribution is 7.12. The first kappa shape index (κ1) is 20.1. The van der Waals surface area contributed by atoms with Crippen molar-refractivity contribution in [2.45, 2.75) is 39.7 Å². The van der Waals surface area contributed by atoms with Crippen LogP contribution >= 0.6 is 22.9 Å². The summed E-state index contributed by atoms with van der Waals surface area (Å²) in [5.74, 6) is -1.12. The Hall–Kier alpha value is -2.18. The summed E-state index contributed by atoms with van der Waals surface area (Å²) in [5.41, 5.74) is 1.20. The van der Waals surface area contributed by atoms with Crippen LogP contribution in [-0.2, 0) is 14.3 Å². The van der Waals surface area contributed by atoms with Crippen LogP contribution in [0.15, 0.2) is 30.3 Å². The number of anilines is 1. The molecule has 0 spiro atoms. The number of aryl methyl sites for hydroxylation is 2. The number of ketones is 1. The van der Waals surface area contributed by atoms with E-state index in [9.17, 15) is 14.4 Å². The molecule has 0 aliphatic rings. The van der Waals surface area contributed by atoms with Gasteiger partial charge in [0.05, 0.1) is 6.42 Å². The van der Waals surface area contributed by atoms with Crippen LogP contribution in [0.3, 0.4) is 0 Å². The molecule has 1 aromatic heterocycles. The van der Waals surface area contributed by atoms with Gasteiger partial charge in [-0.25, -0.2) is 0 Å². The normalized spacial score (nSPS) is 11.7. The Kier molecular flexibility index (Phi) is 6.94. The highest BCUT2D eigenvalue weighted by atomic mass is 35.5. The molecule has 1 aromatic carbocycles. The number of amides is 1. The van der Waals surface area contributed by atoms with Crippen LogP contribution in [-0.4, -0.2) is 23.8 Å². The lowest BCUT2D eigenvalue weighted by atomic mass is 10.1. The number of Topliss-reactive ketones (excluding diaryl/α,β-unsaturated/α-hetero) is 1. The molecular formula is C19H20ClNO4S. The maximum atomic E-state index is 12.2. The van der Waals surface area contributed by atoms with Gasteiger partial charge in [-0.05, 0) is 51.1 Å². The van der Waals surface area contributed by atoms with Crippen molar-refractivity contribution in [2.24, 2.45) is 0 Å². The minimum Gasteiger partial charge on any atom is -0.453 e. The third-order valence-electron chi connectivity index (χ3n) is 3.69. The number of hydrogen-bond acceptors (Lipinski definition) is 5. The Morgan fingerprint density at radius 3 is 2.38 bits per heavy atom. The van der Waals surface area contributed by atoms with Crippen molar-refractivity contribution in [3.63, 3.8) is 0 Å². The van der Waals surface area contributed by atoms with Gasteiger partial charge in [-0.3, -0.25) is 14.4 Å². The van der Waals surface area contributed by atoms with Crippen LogP contribution in [0.5, 0.6) is 0 Å². The van der Waals surface area contributed by atoms with Crippen molar-refractivity contribution in [1.29, 1.82) is 0 Å². The number of nitrogens with one attached hydrogen (secondary N) is 1. The minimum absolute atomic E-state index is 0.0569. The highest BCUT2D eigenvalue weighted by Crippen LogP contribution is 2.22. The highest BCUT2D eigenvalue weighted by Gasteiger charge is 2.19. The number of rotatable bonds is 7. The molecule has 1 amide bonds. The quantitative estimate of drug-likeness (QED) is 0.553. The molecule has 0 saturated carbocycles. The summed E-state index contributed by atoms with van der Waals surface area (Å²) in [5, 5.41) is 3.19. The molecule has 0 aliphatic heterocycles. The molecule has 138 valence electrons. The van der Waals surface area contributed by atoms with Gasteiger partial charge in [-0.15, -0.1) is 11.3 Å². The fraction of sp³-hybridized carbons (Fsp3) is 0.316. The summed E-state index contributed by atoms with van der Waals surface area (Å²) in [6.07, 6.45) is -0.967. The molecule has 1 N–H and O–H groups in total. The molecule has 1 heterocycles.